The Morgan fingerprint density at radius 3 is 2.57 bits per heavy atom. The summed E-state index contributed by atoms with van der Waals surface area (Å²) in [5.41, 5.74) is 5.23. The lowest BCUT2D eigenvalue weighted by molar-refractivity contribution is 0.629. The summed E-state index contributed by atoms with van der Waals surface area (Å²) in [5.74, 6) is 0.505. The fourth-order valence-electron chi connectivity index (χ4n) is 3.63. The lowest BCUT2D eigenvalue weighted by Gasteiger charge is -2.15. The van der Waals surface area contributed by atoms with Crippen molar-refractivity contribution in [3.63, 3.8) is 0 Å². The van der Waals surface area contributed by atoms with Crippen LogP contribution in [-0.2, 0) is 6.42 Å². The highest BCUT2D eigenvalue weighted by atomic mass is 35.5. The molecule has 2 aromatic heterocycles. The van der Waals surface area contributed by atoms with Crippen LogP contribution in [0.25, 0.3) is 10.9 Å². The topological polar surface area (TPSA) is 90.0 Å². The minimum atomic E-state index is -0.274. The number of nitrogens with one attached hydrogen (secondary N) is 4. The Balaban J connectivity index is 1.52. The number of aromatic amines is 1. The zero-order valence-electron chi connectivity index (χ0n) is 19.5. The number of hydrogen-bond acceptors (Lipinski definition) is 4. The number of rotatable bonds is 5. The standard InChI is InChI=1S/C25H25ClFN7S/c1-14-4-6-22(20(26)10-14)32-25(35)34-23(33-24-30-15(2)11-16(3)31-24)28-9-8-17-13-29-21-7-5-18(27)12-19(17)21/h4-7,10-13,29H,8-9H2,1-3H3,(H3,28,30,31,32,33,34,35). The Bertz CT molecular complexity index is 1400. The molecule has 0 aliphatic heterocycles. The molecule has 0 unspecified atom stereocenters. The Hall–Kier alpha value is -3.56. The van der Waals surface area contributed by atoms with Crippen LogP contribution in [0.3, 0.4) is 0 Å². The first kappa shape index (κ1) is 24.6. The van der Waals surface area contributed by atoms with Crippen molar-refractivity contribution in [3.8, 4) is 0 Å². The molecule has 35 heavy (non-hydrogen) atoms. The van der Waals surface area contributed by atoms with Crippen molar-refractivity contribution in [2.24, 2.45) is 4.99 Å². The Labute approximate surface area is 213 Å². The van der Waals surface area contributed by atoms with Gasteiger partial charge in [-0.1, -0.05) is 17.7 Å². The molecule has 4 rings (SSSR count). The van der Waals surface area contributed by atoms with E-state index in [9.17, 15) is 4.39 Å². The second-order valence-corrected chi connectivity index (χ2v) is 8.96. The number of aromatic nitrogens is 3. The first-order chi connectivity index (χ1) is 16.8. The number of aliphatic imine (C=N–C) groups is 1. The van der Waals surface area contributed by atoms with E-state index < -0.39 is 0 Å². The third kappa shape index (κ3) is 6.52. The van der Waals surface area contributed by atoms with Gasteiger partial charge in [0.1, 0.15) is 5.82 Å². The van der Waals surface area contributed by atoms with Gasteiger partial charge in [0.05, 0.1) is 10.7 Å². The van der Waals surface area contributed by atoms with Crippen LogP contribution in [0, 0.1) is 26.6 Å². The molecule has 2 aromatic carbocycles. The van der Waals surface area contributed by atoms with Gasteiger partial charge in [-0.2, -0.15) is 0 Å². The molecule has 0 saturated carbocycles. The average molecular weight is 510 g/mol. The van der Waals surface area contributed by atoms with Crippen LogP contribution >= 0.6 is 23.8 Å². The van der Waals surface area contributed by atoms with Crippen LogP contribution in [0.15, 0.2) is 53.7 Å². The van der Waals surface area contributed by atoms with E-state index in [1.165, 1.54) is 12.1 Å². The van der Waals surface area contributed by atoms with E-state index in [4.69, 9.17) is 23.8 Å². The number of H-pyrrole nitrogens is 1. The van der Waals surface area contributed by atoms with Gasteiger partial charge < -0.3 is 15.6 Å². The molecule has 10 heteroatoms. The predicted octanol–water partition coefficient (Wildman–Crippen LogP) is 5.67. The predicted molar refractivity (Wildman–Crippen MR) is 145 cm³/mol. The molecule has 0 bridgehead atoms. The maximum atomic E-state index is 13.7. The van der Waals surface area contributed by atoms with E-state index >= 15 is 0 Å². The highest BCUT2D eigenvalue weighted by Gasteiger charge is 2.10. The zero-order chi connectivity index (χ0) is 24.9. The fourth-order valence-corrected chi connectivity index (χ4v) is 4.12. The second kappa shape index (κ2) is 10.8. The number of guanidine groups is 1. The monoisotopic (exact) mass is 509 g/mol. The van der Waals surface area contributed by atoms with E-state index in [-0.39, 0.29) is 5.82 Å². The van der Waals surface area contributed by atoms with Gasteiger partial charge in [-0.25, -0.2) is 14.4 Å². The van der Waals surface area contributed by atoms with Crippen molar-refractivity contribution >= 4 is 57.4 Å². The quantitative estimate of drug-likeness (QED) is 0.157. The largest absolute Gasteiger partial charge is 0.361 e. The number of nitrogens with zero attached hydrogens (tertiary/aromatic N) is 3. The number of thiocarbonyl (C=S) groups is 1. The van der Waals surface area contributed by atoms with E-state index in [2.05, 4.69) is 35.9 Å². The molecular formula is C25H25ClFN7S. The van der Waals surface area contributed by atoms with Gasteiger partial charge in [0, 0.05) is 35.0 Å². The van der Waals surface area contributed by atoms with Crippen LogP contribution < -0.4 is 16.0 Å². The molecule has 0 saturated heterocycles. The molecule has 0 amide bonds. The summed E-state index contributed by atoms with van der Waals surface area (Å²) < 4.78 is 13.7. The van der Waals surface area contributed by atoms with Gasteiger partial charge in [-0.3, -0.25) is 10.3 Å². The number of fused-ring (bicyclic) bond motifs is 1. The molecule has 180 valence electrons. The van der Waals surface area contributed by atoms with Crippen molar-refractivity contribution in [2.45, 2.75) is 27.2 Å². The van der Waals surface area contributed by atoms with E-state index in [0.717, 1.165) is 33.4 Å². The smallest absolute Gasteiger partial charge is 0.229 e. The zero-order valence-corrected chi connectivity index (χ0v) is 21.1. The highest BCUT2D eigenvalue weighted by Crippen LogP contribution is 2.23. The summed E-state index contributed by atoms with van der Waals surface area (Å²) in [7, 11) is 0. The lowest BCUT2D eigenvalue weighted by atomic mass is 10.1. The fraction of sp³-hybridized carbons (Fsp3) is 0.200. The van der Waals surface area contributed by atoms with Crippen LogP contribution in [-0.4, -0.2) is 32.6 Å². The molecule has 0 spiro atoms. The minimum absolute atomic E-state index is 0.274. The maximum absolute atomic E-state index is 13.7. The van der Waals surface area contributed by atoms with Crippen molar-refractivity contribution < 1.29 is 4.39 Å². The third-order valence-electron chi connectivity index (χ3n) is 5.20. The SMILES string of the molecule is Cc1ccc(NC(=S)NC(=NCCc2c[nH]c3ccc(F)cc23)Nc2nc(C)cc(C)n2)c(Cl)c1. The van der Waals surface area contributed by atoms with Crippen LogP contribution in [0.1, 0.15) is 22.5 Å². The molecule has 0 radical (unpaired) electrons. The molecule has 0 atom stereocenters. The summed E-state index contributed by atoms with van der Waals surface area (Å²) in [6, 6.07) is 12.2. The number of hydrogen-bond donors (Lipinski definition) is 4. The van der Waals surface area contributed by atoms with Gasteiger partial charge in [0.25, 0.3) is 0 Å². The first-order valence-corrected chi connectivity index (χ1v) is 11.8. The Morgan fingerprint density at radius 2 is 1.83 bits per heavy atom. The van der Waals surface area contributed by atoms with Gasteiger partial charge in [0.2, 0.25) is 11.9 Å². The lowest BCUT2D eigenvalue weighted by Crippen LogP contribution is -2.39. The van der Waals surface area contributed by atoms with Crippen molar-refractivity contribution in [2.75, 3.05) is 17.2 Å². The van der Waals surface area contributed by atoms with Gasteiger partial charge >= 0.3 is 0 Å². The molecule has 4 N–H and O–H groups in total. The van der Waals surface area contributed by atoms with E-state index in [1.54, 1.807) is 6.07 Å². The second-order valence-electron chi connectivity index (χ2n) is 8.15. The average Bonchev–Trinajstić information content (AvgIpc) is 3.17. The number of benzene rings is 2. The van der Waals surface area contributed by atoms with Gasteiger partial charge in [-0.05, 0) is 86.9 Å². The summed E-state index contributed by atoms with van der Waals surface area (Å²) >= 11 is 11.8. The number of halogens is 2. The molecule has 4 aromatic rings. The molecule has 0 fully saturated rings. The Kier molecular flexibility index (Phi) is 7.57. The summed E-state index contributed by atoms with van der Waals surface area (Å²) in [6.07, 6.45) is 2.47. The van der Waals surface area contributed by atoms with Crippen molar-refractivity contribution in [1.82, 2.24) is 20.3 Å². The van der Waals surface area contributed by atoms with E-state index in [1.807, 2.05) is 51.2 Å². The summed E-state index contributed by atoms with van der Waals surface area (Å²) in [6.45, 7) is 6.17. The molecule has 7 nitrogen and oxygen atoms in total. The molecule has 0 aliphatic carbocycles. The number of aryl methyl sites for hydroxylation is 3. The van der Waals surface area contributed by atoms with Crippen molar-refractivity contribution in [1.29, 1.82) is 0 Å². The molecule has 2 heterocycles. The third-order valence-corrected chi connectivity index (χ3v) is 5.71. The highest BCUT2D eigenvalue weighted by molar-refractivity contribution is 7.80. The number of anilines is 2. The maximum Gasteiger partial charge on any atom is 0.229 e. The molecular weight excluding hydrogens is 485 g/mol. The molecule has 0 aliphatic rings. The Morgan fingerprint density at radius 1 is 1.06 bits per heavy atom. The van der Waals surface area contributed by atoms with Gasteiger partial charge in [-0.15, -0.1) is 0 Å². The van der Waals surface area contributed by atoms with Crippen molar-refractivity contribution in [3.05, 3.63) is 82.0 Å². The first-order valence-electron chi connectivity index (χ1n) is 11.0. The van der Waals surface area contributed by atoms with Crippen LogP contribution in [0.2, 0.25) is 5.02 Å². The summed E-state index contributed by atoms with van der Waals surface area (Å²) in [5, 5.41) is 11.0. The van der Waals surface area contributed by atoms with E-state index in [0.29, 0.717) is 40.7 Å². The van der Waals surface area contributed by atoms with Gasteiger partial charge in [0.15, 0.2) is 5.11 Å². The normalized spacial score (nSPS) is 11.5. The minimum Gasteiger partial charge on any atom is -0.361 e. The van der Waals surface area contributed by atoms with Crippen LogP contribution in [0.4, 0.5) is 16.0 Å². The summed E-state index contributed by atoms with van der Waals surface area (Å²) in [4.78, 5) is 16.7. The van der Waals surface area contributed by atoms with Crippen LogP contribution in [0.5, 0.6) is 0 Å².